The summed E-state index contributed by atoms with van der Waals surface area (Å²) in [7, 11) is 1.51. The molecule has 1 unspecified atom stereocenters. The number of hydrogen-bond acceptors (Lipinski definition) is 4. The van der Waals surface area contributed by atoms with Gasteiger partial charge < -0.3 is 15.8 Å². The van der Waals surface area contributed by atoms with Crippen molar-refractivity contribution in [3.63, 3.8) is 0 Å². The van der Waals surface area contributed by atoms with E-state index >= 15 is 0 Å². The first-order valence-corrected chi connectivity index (χ1v) is 5.70. The Balaban J connectivity index is 2.58. The molecule has 1 aromatic rings. The van der Waals surface area contributed by atoms with Crippen LogP contribution in [0.1, 0.15) is 30.1 Å². The van der Waals surface area contributed by atoms with E-state index in [1.54, 1.807) is 12.3 Å². The third-order valence-electron chi connectivity index (χ3n) is 2.43. The van der Waals surface area contributed by atoms with Gasteiger partial charge in [-0.1, -0.05) is 13.3 Å². The van der Waals surface area contributed by atoms with Gasteiger partial charge in [0.05, 0.1) is 18.9 Å². The van der Waals surface area contributed by atoms with Crippen LogP contribution in [0.5, 0.6) is 5.75 Å². The van der Waals surface area contributed by atoms with Crippen molar-refractivity contribution >= 4 is 5.91 Å². The van der Waals surface area contributed by atoms with E-state index in [0.717, 1.165) is 12.8 Å². The molecule has 0 aliphatic heterocycles. The van der Waals surface area contributed by atoms with Crippen LogP contribution >= 0.6 is 0 Å². The van der Waals surface area contributed by atoms with Crippen LogP contribution in [0.15, 0.2) is 18.5 Å². The summed E-state index contributed by atoms with van der Waals surface area (Å²) in [5, 5.41) is 2.79. The maximum atomic E-state index is 11.9. The van der Waals surface area contributed by atoms with Gasteiger partial charge in [-0.25, -0.2) is 0 Å². The Morgan fingerprint density at radius 2 is 2.41 bits per heavy atom. The van der Waals surface area contributed by atoms with Gasteiger partial charge in [-0.15, -0.1) is 0 Å². The predicted molar refractivity (Wildman–Crippen MR) is 66.0 cm³/mol. The van der Waals surface area contributed by atoms with Gasteiger partial charge in [0.15, 0.2) is 0 Å². The highest BCUT2D eigenvalue weighted by atomic mass is 16.5. The second-order valence-electron chi connectivity index (χ2n) is 3.83. The zero-order valence-electron chi connectivity index (χ0n) is 10.3. The van der Waals surface area contributed by atoms with Crippen molar-refractivity contribution in [1.29, 1.82) is 0 Å². The van der Waals surface area contributed by atoms with Crippen molar-refractivity contribution in [2.24, 2.45) is 5.73 Å². The topological polar surface area (TPSA) is 77.2 Å². The molecule has 1 atom stereocenters. The Morgan fingerprint density at radius 3 is 3.06 bits per heavy atom. The molecule has 3 N–H and O–H groups in total. The average Bonchev–Trinajstić information content (AvgIpc) is 2.36. The highest BCUT2D eigenvalue weighted by Crippen LogP contribution is 2.15. The summed E-state index contributed by atoms with van der Waals surface area (Å²) in [4.78, 5) is 15.8. The van der Waals surface area contributed by atoms with Gasteiger partial charge in [0.25, 0.3) is 5.91 Å². The van der Waals surface area contributed by atoms with Gasteiger partial charge in [-0.05, 0) is 12.5 Å². The number of nitrogens with one attached hydrogen (secondary N) is 1. The standard InChI is InChI=1S/C12H19N3O2/c1-3-4-9(13)7-15-12(16)10-5-6-14-8-11(10)17-2/h5-6,8-9H,3-4,7,13H2,1-2H3,(H,15,16). The maximum Gasteiger partial charge on any atom is 0.255 e. The minimum absolute atomic E-state index is 0.00298. The van der Waals surface area contributed by atoms with Gasteiger partial charge in [-0.3, -0.25) is 9.78 Å². The molecule has 1 heterocycles. The summed E-state index contributed by atoms with van der Waals surface area (Å²) in [6, 6.07) is 1.62. The van der Waals surface area contributed by atoms with E-state index in [1.807, 2.05) is 0 Å². The number of rotatable bonds is 6. The normalized spacial score (nSPS) is 11.9. The van der Waals surface area contributed by atoms with E-state index in [2.05, 4.69) is 17.2 Å². The van der Waals surface area contributed by atoms with E-state index in [4.69, 9.17) is 10.5 Å². The molecule has 1 rings (SSSR count). The Labute approximate surface area is 101 Å². The van der Waals surface area contributed by atoms with Crippen molar-refractivity contribution in [3.8, 4) is 5.75 Å². The van der Waals surface area contributed by atoms with E-state index in [1.165, 1.54) is 13.3 Å². The third-order valence-corrected chi connectivity index (χ3v) is 2.43. The SMILES string of the molecule is CCCC(N)CNC(=O)c1ccncc1OC. The number of pyridine rings is 1. The van der Waals surface area contributed by atoms with Crippen LogP contribution in [0.2, 0.25) is 0 Å². The highest BCUT2D eigenvalue weighted by molar-refractivity contribution is 5.96. The highest BCUT2D eigenvalue weighted by Gasteiger charge is 2.12. The molecule has 5 heteroatoms. The van der Waals surface area contributed by atoms with Crippen molar-refractivity contribution < 1.29 is 9.53 Å². The average molecular weight is 237 g/mol. The molecule has 0 saturated carbocycles. The third kappa shape index (κ3) is 4.03. The molecule has 0 aliphatic rings. The molecule has 1 amide bonds. The van der Waals surface area contributed by atoms with Crippen LogP contribution in [0.3, 0.4) is 0 Å². The van der Waals surface area contributed by atoms with Crippen molar-refractivity contribution in [2.45, 2.75) is 25.8 Å². The molecule has 0 bridgehead atoms. The van der Waals surface area contributed by atoms with Crippen LogP contribution < -0.4 is 15.8 Å². The number of carbonyl (C=O) groups is 1. The number of aromatic nitrogens is 1. The summed E-state index contributed by atoms with van der Waals surface area (Å²) in [5.74, 6) is 0.282. The molecular weight excluding hydrogens is 218 g/mol. The molecule has 0 radical (unpaired) electrons. The lowest BCUT2D eigenvalue weighted by Crippen LogP contribution is -2.37. The van der Waals surface area contributed by atoms with Gasteiger partial charge in [0, 0.05) is 18.8 Å². The first-order chi connectivity index (χ1) is 8.19. The molecule has 5 nitrogen and oxygen atoms in total. The quantitative estimate of drug-likeness (QED) is 0.772. The van der Waals surface area contributed by atoms with Crippen LogP contribution in [0.25, 0.3) is 0 Å². The number of methoxy groups -OCH3 is 1. The van der Waals surface area contributed by atoms with Crippen LogP contribution in [0.4, 0.5) is 0 Å². The molecule has 17 heavy (non-hydrogen) atoms. The fourth-order valence-electron chi connectivity index (χ4n) is 1.52. The molecule has 94 valence electrons. The van der Waals surface area contributed by atoms with Gasteiger partial charge in [-0.2, -0.15) is 0 Å². The summed E-state index contributed by atoms with van der Waals surface area (Å²) < 4.78 is 5.07. The Hall–Kier alpha value is -1.62. The molecule has 0 saturated heterocycles. The fraction of sp³-hybridized carbons (Fsp3) is 0.500. The lowest BCUT2D eigenvalue weighted by molar-refractivity contribution is 0.0947. The molecule has 0 spiro atoms. The largest absolute Gasteiger partial charge is 0.494 e. The van der Waals surface area contributed by atoms with Crippen LogP contribution in [0, 0.1) is 0 Å². The second kappa shape index (κ2) is 6.85. The first kappa shape index (κ1) is 13.4. The Bertz CT molecular complexity index is 369. The van der Waals surface area contributed by atoms with E-state index in [9.17, 15) is 4.79 Å². The van der Waals surface area contributed by atoms with E-state index in [-0.39, 0.29) is 11.9 Å². The number of nitrogens with zero attached hydrogens (tertiary/aromatic N) is 1. The molecular formula is C12H19N3O2. The molecule has 1 aromatic heterocycles. The smallest absolute Gasteiger partial charge is 0.255 e. The number of nitrogens with two attached hydrogens (primary N) is 1. The molecule has 0 fully saturated rings. The van der Waals surface area contributed by atoms with E-state index in [0.29, 0.717) is 17.9 Å². The zero-order chi connectivity index (χ0) is 12.7. The molecule has 0 aliphatic carbocycles. The number of amides is 1. The predicted octanol–water partition coefficient (Wildman–Crippen LogP) is 0.947. The lowest BCUT2D eigenvalue weighted by atomic mass is 10.1. The maximum absolute atomic E-state index is 11.9. The lowest BCUT2D eigenvalue weighted by Gasteiger charge is -2.12. The van der Waals surface area contributed by atoms with E-state index < -0.39 is 0 Å². The Kier molecular flexibility index (Phi) is 5.42. The minimum Gasteiger partial charge on any atom is -0.494 e. The van der Waals surface area contributed by atoms with Crippen molar-refractivity contribution in [3.05, 3.63) is 24.0 Å². The number of ether oxygens (including phenoxy) is 1. The monoisotopic (exact) mass is 237 g/mol. The summed E-state index contributed by atoms with van der Waals surface area (Å²) in [5.41, 5.74) is 6.30. The van der Waals surface area contributed by atoms with Crippen molar-refractivity contribution in [2.75, 3.05) is 13.7 Å². The second-order valence-corrected chi connectivity index (χ2v) is 3.83. The van der Waals surface area contributed by atoms with Gasteiger partial charge >= 0.3 is 0 Å². The minimum atomic E-state index is -0.184. The van der Waals surface area contributed by atoms with Gasteiger partial charge in [0.2, 0.25) is 0 Å². The zero-order valence-corrected chi connectivity index (χ0v) is 10.3. The summed E-state index contributed by atoms with van der Waals surface area (Å²) >= 11 is 0. The van der Waals surface area contributed by atoms with Crippen LogP contribution in [-0.2, 0) is 0 Å². The van der Waals surface area contributed by atoms with Gasteiger partial charge in [0.1, 0.15) is 5.75 Å². The fourth-order valence-corrected chi connectivity index (χ4v) is 1.52. The number of hydrogen-bond donors (Lipinski definition) is 2. The number of carbonyl (C=O) groups excluding carboxylic acids is 1. The van der Waals surface area contributed by atoms with Crippen LogP contribution in [-0.4, -0.2) is 30.6 Å². The molecule has 0 aromatic carbocycles. The summed E-state index contributed by atoms with van der Waals surface area (Å²) in [6.07, 6.45) is 4.98. The summed E-state index contributed by atoms with van der Waals surface area (Å²) in [6.45, 7) is 2.53. The Morgan fingerprint density at radius 1 is 1.65 bits per heavy atom. The van der Waals surface area contributed by atoms with Crippen molar-refractivity contribution in [1.82, 2.24) is 10.3 Å². The first-order valence-electron chi connectivity index (χ1n) is 5.70.